The summed E-state index contributed by atoms with van der Waals surface area (Å²) in [6, 6.07) is 6.57. The highest BCUT2D eigenvalue weighted by Crippen LogP contribution is 2.34. The topological polar surface area (TPSA) is 9.23 Å². The molecule has 0 bridgehead atoms. The number of halogens is 1. The van der Waals surface area contributed by atoms with Gasteiger partial charge in [-0.15, -0.1) is 11.6 Å². The highest BCUT2D eigenvalue weighted by molar-refractivity contribution is 6.18. The zero-order chi connectivity index (χ0) is 10.2. The first kappa shape index (κ1) is 10.0. The summed E-state index contributed by atoms with van der Waals surface area (Å²) in [7, 11) is 0. The summed E-state index contributed by atoms with van der Waals surface area (Å²) in [5.41, 5.74) is 4.07. The third kappa shape index (κ3) is 1.45. The summed E-state index contributed by atoms with van der Waals surface area (Å²) in [5, 5.41) is 0. The van der Waals surface area contributed by atoms with Gasteiger partial charge in [0, 0.05) is 5.88 Å². The van der Waals surface area contributed by atoms with Crippen LogP contribution in [0.15, 0.2) is 18.2 Å². The maximum Gasteiger partial charge on any atom is 0.0597 e. The van der Waals surface area contributed by atoms with Gasteiger partial charge < -0.3 is 4.74 Å². The van der Waals surface area contributed by atoms with E-state index < -0.39 is 0 Å². The molecule has 0 aliphatic carbocycles. The fourth-order valence-electron chi connectivity index (χ4n) is 1.74. The first-order valence-corrected chi connectivity index (χ1v) is 5.43. The molecular weight excluding hydrogens is 196 g/mol. The average Bonchev–Trinajstić information content (AvgIpc) is 2.10. The molecule has 0 N–H and O–H groups in total. The summed E-state index contributed by atoms with van der Waals surface area (Å²) in [5.74, 6) is 0.648. The molecule has 1 aromatic rings. The molecule has 76 valence electrons. The van der Waals surface area contributed by atoms with Crippen LogP contribution in [0.25, 0.3) is 0 Å². The van der Waals surface area contributed by atoms with Crippen molar-refractivity contribution < 1.29 is 4.74 Å². The van der Waals surface area contributed by atoms with Gasteiger partial charge in [-0.2, -0.15) is 0 Å². The van der Waals surface area contributed by atoms with E-state index in [1.54, 1.807) is 0 Å². The summed E-state index contributed by atoms with van der Waals surface area (Å²) < 4.78 is 5.27. The number of hydrogen-bond acceptors (Lipinski definition) is 1. The van der Waals surface area contributed by atoms with Crippen LogP contribution in [0, 0.1) is 13.8 Å². The van der Waals surface area contributed by atoms with Crippen LogP contribution in [0.1, 0.15) is 16.7 Å². The Balaban J connectivity index is 2.36. The Bertz CT molecular complexity index is 337. The van der Waals surface area contributed by atoms with Crippen molar-refractivity contribution in [3.05, 3.63) is 34.9 Å². The second-order valence-corrected chi connectivity index (χ2v) is 4.47. The fourth-order valence-corrected chi connectivity index (χ4v) is 2.05. The Morgan fingerprint density at radius 1 is 1.29 bits per heavy atom. The Morgan fingerprint density at radius 3 is 2.43 bits per heavy atom. The van der Waals surface area contributed by atoms with Crippen LogP contribution in [0.5, 0.6) is 0 Å². The van der Waals surface area contributed by atoms with E-state index in [1.807, 2.05) is 0 Å². The summed E-state index contributed by atoms with van der Waals surface area (Å²) in [6.45, 7) is 5.79. The zero-order valence-corrected chi connectivity index (χ0v) is 9.40. The summed E-state index contributed by atoms with van der Waals surface area (Å²) >= 11 is 6.01. The number of aryl methyl sites for hydroxylation is 2. The van der Waals surface area contributed by atoms with Crippen LogP contribution in [0.3, 0.4) is 0 Å². The van der Waals surface area contributed by atoms with Gasteiger partial charge in [0.1, 0.15) is 0 Å². The molecule has 2 rings (SSSR count). The van der Waals surface area contributed by atoms with Crippen molar-refractivity contribution in [3.63, 3.8) is 0 Å². The molecule has 0 aromatic heterocycles. The lowest BCUT2D eigenvalue weighted by atomic mass is 9.79. The van der Waals surface area contributed by atoms with Gasteiger partial charge in [-0.3, -0.25) is 0 Å². The van der Waals surface area contributed by atoms with Gasteiger partial charge in [-0.05, 0) is 30.5 Å². The molecule has 1 heterocycles. The number of benzene rings is 1. The SMILES string of the molecule is Cc1ccc(C2(CCl)COC2)cc1C. The summed E-state index contributed by atoms with van der Waals surface area (Å²) in [6.07, 6.45) is 0. The first-order valence-electron chi connectivity index (χ1n) is 4.89. The van der Waals surface area contributed by atoms with Crippen molar-refractivity contribution in [1.29, 1.82) is 0 Å². The minimum Gasteiger partial charge on any atom is -0.379 e. The lowest BCUT2D eigenvalue weighted by Gasteiger charge is -2.40. The first-order chi connectivity index (χ1) is 6.68. The van der Waals surface area contributed by atoms with Crippen LogP contribution < -0.4 is 0 Å². The Labute approximate surface area is 90.0 Å². The largest absolute Gasteiger partial charge is 0.379 e. The van der Waals surface area contributed by atoms with Crippen molar-refractivity contribution in [2.24, 2.45) is 0 Å². The minimum atomic E-state index is 0.0833. The van der Waals surface area contributed by atoms with Gasteiger partial charge in [0.05, 0.1) is 18.6 Å². The minimum absolute atomic E-state index is 0.0833. The Morgan fingerprint density at radius 2 is 2.00 bits per heavy atom. The monoisotopic (exact) mass is 210 g/mol. The van der Waals surface area contributed by atoms with Crippen LogP contribution in [-0.2, 0) is 10.2 Å². The average molecular weight is 211 g/mol. The standard InChI is InChI=1S/C12H15ClO/c1-9-3-4-11(5-10(9)2)12(6-13)7-14-8-12/h3-5H,6-8H2,1-2H3. The highest BCUT2D eigenvalue weighted by Gasteiger charge is 2.39. The number of rotatable bonds is 2. The highest BCUT2D eigenvalue weighted by atomic mass is 35.5. The van der Waals surface area contributed by atoms with Gasteiger partial charge in [0.25, 0.3) is 0 Å². The van der Waals surface area contributed by atoms with E-state index in [2.05, 4.69) is 32.0 Å². The maximum atomic E-state index is 6.01. The van der Waals surface area contributed by atoms with Crippen LogP contribution in [-0.4, -0.2) is 19.1 Å². The smallest absolute Gasteiger partial charge is 0.0597 e. The fraction of sp³-hybridized carbons (Fsp3) is 0.500. The van der Waals surface area contributed by atoms with E-state index in [1.165, 1.54) is 16.7 Å². The molecule has 14 heavy (non-hydrogen) atoms. The van der Waals surface area contributed by atoms with Crippen molar-refractivity contribution in [1.82, 2.24) is 0 Å². The van der Waals surface area contributed by atoms with E-state index in [4.69, 9.17) is 16.3 Å². The summed E-state index contributed by atoms with van der Waals surface area (Å²) in [4.78, 5) is 0. The van der Waals surface area contributed by atoms with Crippen molar-refractivity contribution >= 4 is 11.6 Å². The predicted octanol–water partition coefficient (Wildman–Crippen LogP) is 2.81. The molecular formula is C12H15ClO. The lowest BCUT2D eigenvalue weighted by Crippen LogP contribution is -2.48. The van der Waals surface area contributed by atoms with Crippen molar-refractivity contribution in [3.8, 4) is 0 Å². The molecule has 1 aromatic carbocycles. The number of alkyl halides is 1. The number of ether oxygens (including phenoxy) is 1. The Kier molecular flexibility index (Phi) is 2.54. The molecule has 0 saturated carbocycles. The molecule has 0 atom stereocenters. The Hall–Kier alpha value is -0.530. The van der Waals surface area contributed by atoms with Gasteiger partial charge in [-0.1, -0.05) is 18.2 Å². The molecule has 1 nitrogen and oxygen atoms in total. The zero-order valence-electron chi connectivity index (χ0n) is 8.64. The van der Waals surface area contributed by atoms with E-state index in [0.717, 1.165) is 13.2 Å². The van der Waals surface area contributed by atoms with Crippen LogP contribution in [0.4, 0.5) is 0 Å². The van der Waals surface area contributed by atoms with Crippen molar-refractivity contribution in [2.75, 3.05) is 19.1 Å². The molecule has 0 spiro atoms. The molecule has 1 aliphatic heterocycles. The normalized spacial score (nSPS) is 19.1. The van der Waals surface area contributed by atoms with Crippen LogP contribution in [0.2, 0.25) is 0 Å². The third-order valence-electron chi connectivity index (χ3n) is 3.13. The lowest BCUT2D eigenvalue weighted by molar-refractivity contribution is -0.0480. The maximum absolute atomic E-state index is 6.01. The van der Waals surface area contributed by atoms with Gasteiger partial charge >= 0.3 is 0 Å². The molecule has 2 heteroatoms. The van der Waals surface area contributed by atoms with Gasteiger partial charge in [0.15, 0.2) is 0 Å². The van der Waals surface area contributed by atoms with Crippen molar-refractivity contribution in [2.45, 2.75) is 19.3 Å². The second-order valence-electron chi connectivity index (χ2n) is 4.21. The number of hydrogen-bond donors (Lipinski definition) is 0. The molecule has 0 amide bonds. The van der Waals surface area contributed by atoms with E-state index >= 15 is 0 Å². The molecule has 0 radical (unpaired) electrons. The second kappa shape index (κ2) is 3.56. The van der Waals surface area contributed by atoms with Crippen LogP contribution >= 0.6 is 11.6 Å². The predicted molar refractivity (Wildman–Crippen MR) is 59.1 cm³/mol. The molecule has 1 fully saturated rings. The molecule has 1 aliphatic rings. The van der Waals surface area contributed by atoms with Gasteiger partial charge in [-0.25, -0.2) is 0 Å². The molecule has 0 unspecified atom stereocenters. The third-order valence-corrected chi connectivity index (χ3v) is 3.64. The van der Waals surface area contributed by atoms with E-state index in [-0.39, 0.29) is 5.41 Å². The van der Waals surface area contributed by atoms with E-state index in [0.29, 0.717) is 5.88 Å². The molecule has 1 saturated heterocycles. The van der Waals surface area contributed by atoms with E-state index in [9.17, 15) is 0 Å². The van der Waals surface area contributed by atoms with Gasteiger partial charge in [0.2, 0.25) is 0 Å². The quantitative estimate of drug-likeness (QED) is 0.683.